The summed E-state index contributed by atoms with van der Waals surface area (Å²) in [6.07, 6.45) is 6.63. The lowest BCUT2D eigenvalue weighted by Gasteiger charge is -2.06. The van der Waals surface area contributed by atoms with Crippen molar-refractivity contribution in [3.05, 3.63) is 39.5 Å². The Hall–Kier alpha value is -0.800. The molecule has 1 aliphatic carbocycles. The molecule has 18 heavy (non-hydrogen) atoms. The largest absolute Gasteiger partial charge is 0.361 e. The second-order valence-corrected chi connectivity index (χ2v) is 5.69. The van der Waals surface area contributed by atoms with E-state index in [1.165, 1.54) is 0 Å². The minimum atomic E-state index is 0.267. The molecule has 1 N–H and O–H groups in total. The Balaban J connectivity index is 2.08. The van der Waals surface area contributed by atoms with Gasteiger partial charge in [-0.05, 0) is 53.4 Å². The Morgan fingerprint density at radius 1 is 1.22 bits per heavy atom. The molecule has 4 heteroatoms. The molecule has 0 atom stereocenters. The molecule has 0 amide bonds. The minimum absolute atomic E-state index is 0.267. The molecule has 0 aromatic heterocycles. The predicted octanol–water partition coefficient (Wildman–Crippen LogP) is 4.93. The number of nitrogens with one attached hydrogen (secondary N) is 1. The zero-order chi connectivity index (χ0) is 13.0. The number of Topliss-reactive ketones (excluding diaryl/α,β-unsaturated/α-hetero) is 1. The van der Waals surface area contributed by atoms with Crippen LogP contribution in [0.1, 0.15) is 32.1 Å². The van der Waals surface area contributed by atoms with Crippen LogP contribution in [0, 0.1) is 0 Å². The summed E-state index contributed by atoms with van der Waals surface area (Å²) < 4.78 is 0.868. The highest BCUT2D eigenvalue weighted by Gasteiger charge is 2.12. The van der Waals surface area contributed by atoms with Crippen molar-refractivity contribution in [2.75, 3.05) is 5.32 Å². The fraction of sp³-hybridized carbons (Fsp3) is 0.357. The topological polar surface area (TPSA) is 29.1 Å². The number of halogens is 2. The molecule has 1 aliphatic rings. The Morgan fingerprint density at radius 2 is 2.00 bits per heavy atom. The predicted molar refractivity (Wildman–Crippen MR) is 78.9 cm³/mol. The number of carbonyl (C=O) groups excluding carboxylic acids is 1. The number of rotatable bonds is 2. The van der Waals surface area contributed by atoms with E-state index in [-0.39, 0.29) is 5.78 Å². The van der Waals surface area contributed by atoms with Gasteiger partial charge in [-0.15, -0.1) is 0 Å². The van der Waals surface area contributed by atoms with Crippen molar-refractivity contribution in [3.63, 3.8) is 0 Å². The summed E-state index contributed by atoms with van der Waals surface area (Å²) in [4.78, 5) is 11.8. The van der Waals surface area contributed by atoms with Gasteiger partial charge in [0, 0.05) is 28.4 Å². The molecule has 2 nitrogen and oxygen atoms in total. The molecule has 0 unspecified atom stereocenters. The molecule has 0 bridgehead atoms. The molecule has 0 heterocycles. The Morgan fingerprint density at radius 3 is 2.78 bits per heavy atom. The molecule has 0 aliphatic heterocycles. The SMILES string of the molecule is O=C1CCCCC/C1=C\Nc1ccc(Br)c(Cl)c1. The summed E-state index contributed by atoms with van der Waals surface area (Å²) in [5, 5.41) is 3.81. The number of hydrogen-bond donors (Lipinski definition) is 1. The van der Waals surface area contributed by atoms with Crippen LogP contribution in [0.5, 0.6) is 0 Å². The maximum Gasteiger partial charge on any atom is 0.160 e. The number of benzene rings is 1. The lowest BCUT2D eigenvalue weighted by atomic mass is 10.1. The smallest absolute Gasteiger partial charge is 0.160 e. The third-order valence-electron chi connectivity index (χ3n) is 3.04. The van der Waals surface area contributed by atoms with Crippen LogP contribution < -0.4 is 5.32 Å². The van der Waals surface area contributed by atoms with E-state index in [4.69, 9.17) is 11.6 Å². The van der Waals surface area contributed by atoms with Crippen LogP contribution in [-0.2, 0) is 4.79 Å². The van der Waals surface area contributed by atoms with Gasteiger partial charge in [0.1, 0.15) is 0 Å². The summed E-state index contributed by atoms with van der Waals surface area (Å²) in [6.45, 7) is 0. The van der Waals surface area contributed by atoms with Gasteiger partial charge < -0.3 is 5.32 Å². The van der Waals surface area contributed by atoms with Crippen LogP contribution in [-0.4, -0.2) is 5.78 Å². The highest BCUT2D eigenvalue weighted by Crippen LogP contribution is 2.26. The van der Waals surface area contributed by atoms with Gasteiger partial charge in [0.05, 0.1) is 5.02 Å². The van der Waals surface area contributed by atoms with E-state index in [1.54, 1.807) is 0 Å². The summed E-state index contributed by atoms with van der Waals surface area (Å²) in [7, 11) is 0. The summed E-state index contributed by atoms with van der Waals surface area (Å²) >= 11 is 9.36. The monoisotopic (exact) mass is 327 g/mol. The van der Waals surface area contributed by atoms with Crippen molar-refractivity contribution in [2.45, 2.75) is 32.1 Å². The van der Waals surface area contributed by atoms with Crippen molar-refractivity contribution < 1.29 is 4.79 Å². The van der Waals surface area contributed by atoms with Gasteiger partial charge in [0.15, 0.2) is 5.78 Å². The average molecular weight is 329 g/mol. The van der Waals surface area contributed by atoms with Gasteiger partial charge in [-0.25, -0.2) is 0 Å². The van der Waals surface area contributed by atoms with Gasteiger partial charge >= 0.3 is 0 Å². The van der Waals surface area contributed by atoms with E-state index in [1.807, 2.05) is 24.4 Å². The summed E-state index contributed by atoms with van der Waals surface area (Å²) in [5.74, 6) is 0.267. The lowest BCUT2D eigenvalue weighted by Crippen LogP contribution is -2.02. The molecule has 0 radical (unpaired) electrons. The van der Waals surface area contributed by atoms with E-state index >= 15 is 0 Å². The second-order valence-electron chi connectivity index (χ2n) is 4.43. The highest BCUT2D eigenvalue weighted by molar-refractivity contribution is 9.10. The van der Waals surface area contributed by atoms with Crippen LogP contribution in [0.4, 0.5) is 5.69 Å². The Labute approximate surface area is 121 Å². The summed E-state index contributed by atoms with van der Waals surface area (Å²) in [5.41, 5.74) is 1.79. The van der Waals surface area contributed by atoms with E-state index in [0.717, 1.165) is 41.4 Å². The van der Waals surface area contributed by atoms with E-state index in [2.05, 4.69) is 21.2 Å². The minimum Gasteiger partial charge on any atom is -0.361 e. The summed E-state index contributed by atoms with van der Waals surface area (Å²) in [6, 6.07) is 5.65. The molecule has 1 saturated carbocycles. The van der Waals surface area contributed by atoms with Crippen molar-refractivity contribution in [1.29, 1.82) is 0 Å². The first-order valence-corrected chi connectivity index (χ1v) is 7.28. The molecule has 96 valence electrons. The van der Waals surface area contributed by atoms with Crippen LogP contribution in [0.25, 0.3) is 0 Å². The van der Waals surface area contributed by atoms with Crippen molar-refractivity contribution in [1.82, 2.24) is 0 Å². The first kappa shape index (κ1) is 13.6. The van der Waals surface area contributed by atoms with Crippen molar-refractivity contribution in [3.8, 4) is 0 Å². The molecule has 0 saturated heterocycles. The standard InChI is InChI=1S/C14H15BrClNO/c15-12-7-6-11(8-13(12)16)17-9-10-4-2-1-3-5-14(10)18/h6-9,17H,1-5H2/b10-9+. The van der Waals surface area contributed by atoms with E-state index in [0.29, 0.717) is 11.4 Å². The second kappa shape index (κ2) is 6.39. The van der Waals surface area contributed by atoms with E-state index in [9.17, 15) is 4.79 Å². The number of carbonyl (C=O) groups is 1. The number of anilines is 1. The molecule has 1 aromatic carbocycles. The number of ketones is 1. The average Bonchev–Trinajstić information content (AvgIpc) is 2.56. The quantitative estimate of drug-likeness (QED) is 0.616. The fourth-order valence-electron chi connectivity index (χ4n) is 1.99. The highest BCUT2D eigenvalue weighted by atomic mass is 79.9. The molecule has 1 aromatic rings. The first-order valence-electron chi connectivity index (χ1n) is 6.10. The zero-order valence-electron chi connectivity index (χ0n) is 10.0. The van der Waals surface area contributed by atoms with Gasteiger partial charge in [0.25, 0.3) is 0 Å². The molecular formula is C14H15BrClNO. The van der Waals surface area contributed by atoms with Crippen LogP contribution >= 0.6 is 27.5 Å². The number of allylic oxidation sites excluding steroid dienone is 1. The zero-order valence-corrected chi connectivity index (χ0v) is 12.4. The van der Waals surface area contributed by atoms with Crippen molar-refractivity contribution >= 4 is 39.0 Å². The van der Waals surface area contributed by atoms with E-state index < -0.39 is 0 Å². The Bertz CT molecular complexity index is 485. The van der Waals surface area contributed by atoms with Crippen LogP contribution in [0.3, 0.4) is 0 Å². The molecule has 0 spiro atoms. The number of hydrogen-bond acceptors (Lipinski definition) is 2. The van der Waals surface area contributed by atoms with Crippen LogP contribution in [0.15, 0.2) is 34.4 Å². The van der Waals surface area contributed by atoms with Gasteiger partial charge in [-0.3, -0.25) is 4.79 Å². The van der Waals surface area contributed by atoms with Gasteiger partial charge in [-0.1, -0.05) is 18.0 Å². The lowest BCUT2D eigenvalue weighted by molar-refractivity contribution is -0.115. The van der Waals surface area contributed by atoms with Crippen LogP contribution in [0.2, 0.25) is 5.02 Å². The maximum atomic E-state index is 11.8. The normalized spacial score (nSPS) is 18.8. The molecule has 2 rings (SSSR count). The molecule has 1 fully saturated rings. The molecular weight excluding hydrogens is 314 g/mol. The third-order valence-corrected chi connectivity index (χ3v) is 4.27. The fourth-order valence-corrected chi connectivity index (χ4v) is 2.41. The third kappa shape index (κ3) is 3.59. The van der Waals surface area contributed by atoms with Crippen molar-refractivity contribution in [2.24, 2.45) is 0 Å². The Kier molecular flexibility index (Phi) is 4.84. The first-order chi connectivity index (χ1) is 8.66. The van der Waals surface area contributed by atoms with Gasteiger partial charge in [0.2, 0.25) is 0 Å². The maximum absolute atomic E-state index is 11.8. The van der Waals surface area contributed by atoms with Gasteiger partial charge in [-0.2, -0.15) is 0 Å².